The number of aryl methyl sites for hydroxylation is 1. The van der Waals surface area contributed by atoms with Gasteiger partial charge in [0, 0.05) is 30.6 Å². The van der Waals surface area contributed by atoms with Gasteiger partial charge in [0.1, 0.15) is 0 Å². The minimum absolute atomic E-state index is 0.163. The average molecular weight is 336 g/mol. The highest BCUT2D eigenvalue weighted by Crippen LogP contribution is 2.32. The Hall–Kier alpha value is -1.24. The maximum Gasteiger partial charge on any atom is 0.243 e. The zero-order chi connectivity index (χ0) is 15.6. The van der Waals surface area contributed by atoms with Gasteiger partial charge in [-0.05, 0) is 37.0 Å². The highest BCUT2D eigenvalue weighted by Gasteiger charge is 2.37. The second kappa shape index (κ2) is 6.48. The van der Waals surface area contributed by atoms with Crippen molar-refractivity contribution in [2.24, 2.45) is 0 Å². The van der Waals surface area contributed by atoms with Crippen molar-refractivity contribution >= 4 is 21.4 Å². The molecule has 1 fully saturated rings. The van der Waals surface area contributed by atoms with Crippen LogP contribution in [0.2, 0.25) is 0 Å². The first kappa shape index (κ1) is 15.6. The predicted molar refractivity (Wildman–Crippen MR) is 88.6 cm³/mol. The van der Waals surface area contributed by atoms with E-state index < -0.39 is 10.0 Å². The van der Waals surface area contributed by atoms with Crippen LogP contribution in [0.4, 0.5) is 0 Å². The van der Waals surface area contributed by atoms with Crippen LogP contribution in [-0.4, -0.2) is 30.3 Å². The molecule has 0 spiro atoms. The summed E-state index contributed by atoms with van der Waals surface area (Å²) in [6.07, 6.45) is 5.28. The van der Waals surface area contributed by atoms with E-state index in [9.17, 15) is 8.42 Å². The molecule has 0 bridgehead atoms. The lowest BCUT2D eigenvalue weighted by molar-refractivity contribution is 0.407. The summed E-state index contributed by atoms with van der Waals surface area (Å²) in [5, 5.41) is 2.91. The maximum absolute atomic E-state index is 12.9. The molecule has 0 radical (unpaired) electrons. The molecular formula is C16H20N2O2S2. The Morgan fingerprint density at radius 1 is 1.27 bits per heavy atom. The number of aromatic nitrogens is 1. The van der Waals surface area contributed by atoms with Crippen molar-refractivity contribution in [2.75, 3.05) is 6.54 Å². The molecule has 3 rings (SSSR count). The van der Waals surface area contributed by atoms with E-state index in [1.54, 1.807) is 34.0 Å². The quantitative estimate of drug-likeness (QED) is 0.781. The summed E-state index contributed by atoms with van der Waals surface area (Å²) in [5.74, 6) is 0. The Kier molecular flexibility index (Phi) is 4.61. The van der Waals surface area contributed by atoms with Crippen LogP contribution in [0.5, 0.6) is 0 Å². The van der Waals surface area contributed by atoms with Crippen molar-refractivity contribution in [3.63, 3.8) is 0 Å². The monoisotopic (exact) mass is 336 g/mol. The van der Waals surface area contributed by atoms with Crippen LogP contribution in [0.1, 0.15) is 30.3 Å². The third-order valence-electron chi connectivity index (χ3n) is 3.92. The number of hydrogen-bond acceptors (Lipinski definition) is 4. The lowest BCUT2D eigenvalue weighted by Gasteiger charge is -2.21. The SMILES string of the molecule is CCc1ccc(S(=O)(=O)N(CCc2nccs2)C2CC2)cc1. The predicted octanol–water partition coefficient (Wildman–Crippen LogP) is 3.10. The van der Waals surface area contributed by atoms with Crippen LogP contribution >= 0.6 is 11.3 Å². The highest BCUT2D eigenvalue weighted by atomic mass is 32.2. The molecule has 1 heterocycles. The molecule has 0 amide bonds. The van der Waals surface area contributed by atoms with Crippen molar-refractivity contribution in [3.8, 4) is 0 Å². The molecule has 1 aliphatic rings. The molecule has 6 heteroatoms. The minimum atomic E-state index is -3.41. The van der Waals surface area contributed by atoms with E-state index in [0.29, 0.717) is 17.9 Å². The van der Waals surface area contributed by atoms with Gasteiger partial charge in [-0.2, -0.15) is 4.31 Å². The normalized spacial score (nSPS) is 15.4. The van der Waals surface area contributed by atoms with Gasteiger partial charge >= 0.3 is 0 Å². The van der Waals surface area contributed by atoms with Crippen LogP contribution in [0.3, 0.4) is 0 Å². The molecule has 118 valence electrons. The van der Waals surface area contributed by atoms with E-state index in [4.69, 9.17) is 0 Å². The van der Waals surface area contributed by atoms with Crippen LogP contribution in [0.15, 0.2) is 40.7 Å². The molecule has 0 atom stereocenters. The summed E-state index contributed by atoms with van der Waals surface area (Å²) < 4.78 is 27.4. The average Bonchev–Trinajstić information content (AvgIpc) is 3.22. The van der Waals surface area contributed by atoms with Crippen LogP contribution < -0.4 is 0 Å². The second-order valence-electron chi connectivity index (χ2n) is 5.52. The van der Waals surface area contributed by atoms with Crippen molar-refractivity contribution in [1.29, 1.82) is 0 Å². The Bertz CT molecular complexity index is 705. The van der Waals surface area contributed by atoms with E-state index in [1.807, 2.05) is 17.5 Å². The Morgan fingerprint density at radius 2 is 2.00 bits per heavy atom. The third kappa shape index (κ3) is 3.39. The van der Waals surface area contributed by atoms with Gasteiger partial charge < -0.3 is 0 Å². The van der Waals surface area contributed by atoms with Crippen LogP contribution in [0.25, 0.3) is 0 Å². The molecule has 0 unspecified atom stereocenters. The van der Waals surface area contributed by atoms with Gasteiger partial charge in [-0.3, -0.25) is 0 Å². The molecule has 1 aromatic carbocycles. The number of sulfonamides is 1. The van der Waals surface area contributed by atoms with Gasteiger partial charge in [0.05, 0.1) is 9.90 Å². The summed E-state index contributed by atoms with van der Waals surface area (Å²) >= 11 is 1.58. The van der Waals surface area contributed by atoms with Crippen molar-refractivity contribution in [1.82, 2.24) is 9.29 Å². The van der Waals surface area contributed by atoms with Crippen LogP contribution in [0, 0.1) is 0 Å². The molecule has 0 aliphatic heterocycles. The van der Waals surface area contributed by atoms with Gasteiger partial charge in [0.15, 0.2) is 0 Å². The lowest BCUT2D eigenvalue weighted by atomic mass is 10.2. The smallest absolute Gasteiger partial charge is 0.243 e. The minimum Gasteiger partial charge on any atom is -0.250 e. The fourth-order valence-corrected chi connectivity index (χ4v) is 4.77. The third-order valence-corrected chi connectivity index (χ3v) is 6.73. The summed E-state index contributed by atoms with van der Waals surface area (Å²) in [5.41, 5.74) is 1.15. The maximum atomic E-state index is 12.9. The topological polar surface area (TPSA) is 50.3 Å². The van der Waals surface area contributed by atoms with E-state index >= 15 is 0 Å². The Labute approximate surface area is 135 Å². The number of nitrogens with zero attached hydrogens (tertiary/aromatic N) is 2. The van der Waals surface area contributed by atoms with Crippen LogP contribution in [-0.2, 0) is 22.9 Å². The van der Waals surface area contributed by atoms with Gasteiger partial charge in [-0.25, -0.2) is 13.4 Å². The largest absolute Gasteiger partial charge is 0.250 e. The van der Waals surface area contributed by atoms with E-state index in [-0.39, 0.29) is 6.04 Å². The molecule has 1 saturated carbocycles. The number of thiazole rings is 1. The summed E-state index contributed by atoms with van der Waals surface area (Å²) in [6, 6.07) is 7.42. The van der Waals surface area contributed by atoms with Crippen molar-refractivity contribution in [2.45, 2.75) is 43.5 Å². The molecule has 0 N–H and O–H groups in total. The first-order valence-corrected chi connectivity index (χ1v) is 9.92. The fraction of sp³-hybridized carbons (Fsp3) is 0.438. The number of benzene rings is 1. The molecule has 22 heavy (non-hydrogen) atoms. The van der Waals surface area contributed by atoms with Gasteiger partial charge in [-0.1, -0.05) is 19.1 Å². The van der Waals surface area contributed by atoms with Gasteiger partial charge in [-0.15, -0.1) is 11.3 Å². The molecule has 1 aliphatic carbocycles. The fourth-order valence-electron chi connectivity index (χ4n) is 2.48. The van der Waals surface area contributed by atoms with Crippen molar-refractivity contribution in [3.05, 3.63) is 46.4 Å². The lowest BCUT2D eigenvalue weighted by Crippen LogP contribution is -2.35. The molecule has 0 saturated heterocycles. The standard InChI is InChI=1S/C16H20N2O2S2/c1-2-13-3-7-15(8-4-13)22(19,20)18(14-5-6-14)11-9-16-17-10-12-21-16/h3-4,7-8,10,12,14H,2,5-6,9,11H2,1H3. The second-order valence-corrected chi connectivity index (χ2v) is 8.39. The Morgan fingerprint density at radius 3 is 2.55 bits per heavy atom. The molecular weight excluding hydrogens is 316 g/mol. The number of rotatable bonds is 7. The van der Waals surface area contributed by atoms with Gasteiger partial charge in [0.2, 0.25) is 10.0 Å². The van der Waals surface area contributed by atoms with Crippen molar-refractivity contribution < 1.29 is 8.42 Å². The van der Waals surface area contributed by atoms with E-state index in [1.165, 1.54) is 0 Å². The molecule has 4 nitrogen and oxygen atoms in total. The highest BCUT2D eigenvalue weighted by molar-refractivity contribution is 7.89. The zero-order valence-electron chi connectivity index (χ0n) is 12.6. The molecule has 1 aromatic heterocycles. The van der Waals surface area contributed by atoms with E-state index in [0.717, 1.165) is 29.8 Å². The first-order valence-electron chi connectivity index (χ1n) is 7.60. The first-order chi connectivity index (χ1) is 10.6. The summed E-state index contributed by atoms with van der Waals surface area (Å²) in [7, 11) is -3.41. The van der Waals surface area contributed by atoms with Gasteiger partial charge in [0.25, 0.3) is 0 Å². The van der Waals surface area contributed by atoms with E-state index in [2.05, 4.69) is 11.9 Å². The molecule has 2 aromatic rings. The summed E-state index contributed by atoms with van der Waals surface area (Å²) in [4.78, 5) is 4.64. The number of hydrogen-bond donors (Lipinski definition) is 0. The summed E-state index contributed by atoms with van der Waals surface area (Å²) in [6.45, 7) is 2.57. The zero-order valence-corrected chi connectivity index (χ0v) is 14.2. The Balaban J connectivity index is 1.79.